The molecule has 0 spiro atoms. The zero-order valence-electron chi connectivity index (χ0n) is 11.2. The van der Waals surface area contributed by atoms with Crippen molar-refractivity contribution in [1.82, 2.24) is 0 Å². The lowest BCUT2D eigenvalue weighted by Crippen LogP contribution is -2.03. The van der Waals surface area contributed by atoms with Crippen LogP contribution in [0.1, 0.15) is 11.1 Å². The summed E-state index contributed by atoms with van der Waals surface area (Å²) in [5.41, 5.74) is 1.61. The normalized spacial score (nSPS) is 12.0. The van der Waals surface area contributed by atoms with E-state index in [1.54, 1.807) is 36.4 Å². The minimum atomic E-state index is -3.79. The third-order valence-corrected chi connectivity index (χ3v) is 5.05. The molecule has 0 heterocycles. The number of allylic oxidation sites excluding steroid dienone is 1. The molecule has 0 saturated carbocycles. The highest BCUT2D eigenvalue weighted by Crippen LogP contribution is 2.22. The van der Waals surface area contributed by atoms with Gasteiger partial charge in [0.2, 0.25) is 9.84 Å². The van der Waals surface area contributed by atoms with E-state index in [0.717, 1.165) is 10.0 Å². The Kier molecular flexibility index (Phi) is 4.61. The van der Waals surface area contributed by atoms with Crippen LogP contribution in [-0.2, 0) is 9.84 Å². The maximum Gasteiger partial charge on any atom is 0.216 e. The average Bonchev–Trinajstić information content (AvgIpc) is 2.45. The van der Waals surface area contributed by atoms with Gasteiger partial charge in [-0.1, -0.05) is 45.8 Å². The maximum absolute atomic E-state index is 12.5. The summed E-state index contributed by atoms with van der Waals surface area (Å²) >= 11 is 3.32. The Labute approximate surface area is 132 Å². The second kappa shape index (κ2) is 6.25. The molecule has 0 aromatic heterocycles. The molecule has 0 N–H and O–H groups in total. The van der Waals surface area contributed by atoms with Crippen LogP contribution < -0.4 is 0 Å². The Balaban J connectivity index is 2.50. The van der Waals surface area contributed by atoms with Gasteiger partial charge in [0.1, 0.15) is 11.0 Å². The van der Waals surface area contributed by atoms with Crippen molar-refractivity contribution < 1.29 is 8.42 Å². The Morgan fingerprint density at radius 3 is 2.43 bits per heavy atom. The van der Waals surface area contributed by atoms with Gasteiger partial charge in [-0.05, 0) is 42.8 Å². The molecule has 0 bridgehead atoms. The molecule has 0 radical (unpaired) electrons. The standard InChI is InChI=1S/C16H12BrNO2S/c1-12-5-7-15(8-6-12)21(19,20)16(11-18)10-13-3-2-4-14(17)9-13/h2-10H,1H3. The number of benzene rings is 2. The van der Waals surface area contributed by atoms with Gasteiger partial charge in [-0.25, -0.2) is 8.42 Å². The second-order valence-corrected chi connectivity index (χ2v) is 7.33. The molecule has 0 fully saturated rings. The Morgan fingerprint density at radius 1 is 1.19 bits per heavy atom. The summed E-state index contributed by atoms with van der Waals surface area (Å²) in [6.45, 7) is 1.87. The predicted octanol–water partition coefficient (Wildman–Crippen LogP) is 4.10. The SMILES string of the molecule is Cc1ccc(S(=O)(=O)C(C#N)=Cc2cccc(Br)c2)cc1. The summed E-state index contributed by atoms with van der Waals surface area (Å²) in [5.74, 6) is 0. The van der Waals surface area contributed by atoms with Crippen molar-refractivity contribution >= 4 is 31.8 Å². The van der Waals surface area contributed by atoms with Crippen molar-refractivity contribution in [3.05, 3.63) is 69.0 Å². The minimum Gasteiger partial charge on any atom is -0.218 e. The lowest BCUT2D eigenvalue weighted by atomic mass is 10.2. The van der Waals surface area contributed by atoms with Gasteiger partial charge in [-0.15, -0.1) is 0 Å². The van der Waals surface area contributed by atoms with Crippen molar-refractivity contribution in [3.63, 3.8) is 0 Å². The Hall–Kier alpha value is -1.90. The van der Waals surface area contributed by atoms with E-state index >= 15 is 0 Å². The van der Waals surface area contributed by atoms with Crippen LogP contribution >= 0.6 is 15.9 Å². The highest BCUT2D eigenvalue weighted by Gasteiger charge is 2.20. The van der Waals surface area contributed by atoms with Gasteiger partial charge >= 0.3 is 0 Å². The van der Waals surface area contributed by atoms with Crippen LogP contribution in [0.3, 0.4) is 0 Å². The third kappa shape index (κ3) is 3.60. The molecule has 2 rings (SSSR count). The van der Waals surface area contributed by atoms with E-state index in [4.69, 9.17) is 0 Å². The Morgan fingerprint density at radius 2 is 1.86 bits per heavy atom. The predicted molar refractivity (Wildman–Crippen MR) is 86.1 cm³/mol. The molecule has 0 atom stereocenters. The van der Waals surface area contributed by atoms with Crippen molar-refractivity contribution in [2.75, 3.05) is 0 Å². The maximum atomic E-state index is 12.5. The van der Waals surface area contributed by atoms with E-state index < -0.39 is 9.84 Å². The van der Waals surface area contributed by atoms with Crippen molar-refractivity contribution in [2.24, 2.45) is 0 Å². The van der Waals surface area contributed by atoms with E-state index in [0.29, 0.717) is 5.56 Å². The molecule has 2 aromatic carbocycles. The lowest BCUT2D eigenvalue weighted by molar-refractivity contribution is 0.603. The second-order valence-electron chi connectivity index (χ2n) is 4.49. The molecule has 0 aliphatic rings. The summed E-state index contributed by atoms with van der Waals surface area (Å²) in [6.07, 6.45) is 1.37. The largest absolute Gasteiger partial charge is 0.218 e. The summed E-state index contributed by atoms with van der Waals surface area (Å²) in [6, 6.07) is 15.3. The average molecular weight is 362 g/mol. The number of nitriles is 1. The number of hydrogen-bond donors (Lipinski definition) is 0. The molecule has 2 aromatic rings. The molecular weight excluding hydrogens is 350 g/mol. The number of aryl methyl sites for hydroxylation is 1. The van der Waals surface area contributed by atoms with Crippen LogP contribution in [0.4, 0.5) is 0 Å². The molecule has 0 aliphatic carbocycles. The fourth-order valence-corrected chi connectivity index (χ4v) is 3.34. The van der Waals surface area contributed by atoms with E-state index in [1.807, 2.05) is 13.0 Å². The van der Waals surface area contributed by atoms with Crippen LogP contribution in [0.15, 0.2) is 62.8 Å². The quantitative estimate of drug-likeness (QED) is 0.773. The monoisotopic (exact) mass is 361 g/mol. The first-order chi connectivity index (χ1) is 9.93. The van der Waals surface area contributed by atoms with E-state index in [1.165, 1.54) is 18.2 Å². The summed E-state index contributed by atoms with van der Waals surface area (Å²) in [7, 11) is -3.79. The fourth-order valence-electron chi connectivity index (χ4n) is 1.76. The van der Waals surface area contributed by atoms with E-state index in [2.05, 4.69) is 15.9 Å². The number of nitrogens with zero attached hydrogens (tertiary/aromatic N) is 1. The number of halogens is 1. The molecule has 0 unspecified atom stereocenters. The van der Waals surface area contributed by atoms with E-state index in [9.17, 15) is 13.7 Å². The first-order valence-corrected chi connectivity index (χ1v) is 8.40. The molecule has 106 valence electrons. The highest BCUT2D eigenvalue weighted by atomic mass is 79.9. The zero-order chi connectivity index (χ0) is 15.5. The van der Waals surface area contributed by atoms with Crippen molar-refractivity contribution in [2.45, 2.75) is 11.8 Å². The first kappa shape index (κ1) is 15.5. The van der Waals surface area contributed by atoms with Crippen molar-refractivity contribution in [1.29, 1.82) is 5.26 Å². The number of hydrogen-bond acceptors (Lipinski definition) is 3. The van der Waals surface area contributed by atoms with Crippen LogP contribution in [0.25, 0.3) is 6.08 Å². The minimum absolute atomic E-state index is 0.121. The zero-order valence-corrected chi connectivity index (χ0v) is 13.6. The topological polar surface area (TPSA) is 57.9 Å². The van der Waals surface area contributed by atoms with Crippen molar-refractivity contribution in [3.8, 4) is 6.07 Å². The van der Waals surface area contributed by atoms with Gasteiger partial charge in [0.15, 0.2) is 0 Å². The van der Waals surface area contributed by atoms with Crippen LogP contribution in [-0.4, -0.2) is 8.42 Å². The molecule has 3 nitrogen and oxygen atoms in total. The summed E-state index contributed by atoms with van der Waals surface area (Å²) in [4.78, 5) is -0.152. The van der Waals surface area contributed by atoms with Gasteiger partial charge in [-0.2, -0.15) is 5.26 Å². The van der Waals surface area contributed by atoms with Gasteiger partial charge in [0.25, 0.3) is 0 Å². The lowest BCUT2D eigenvalue weighted by Gasteiger charge is -2.04. The fraction of sp³-hybridized carbons (Fsp3) is 0.0625. The molecule has 0 saturated heterocycles. The molecule has 21 heavy (non-hydrogen) atoms. The molecule has 5 heteroatoms. The summed E-state index contributed by atoms with van der Waals surface area (Å²) in [5, 5.41) is 9.20. The van der Waals surface area contributed by atoms with Crippen LogP contribution in [0, 0.1) is 18.3 Å². The van der Waals surface area contributed by atoms with E-state index in [-0.39, 0.29) is 9.80 Å². The smallest absolute Gasteiger partial charge is 0.216 e. The summed E-state index contributed by atoms with van der Waals surface area (Å²) < 4.78 is 25.7. The Bertz CT molecular complexity index is 831. The van der Waals surface area contributed by atoms with Crippen LogP contribution in [0.5, 0.6) is 0 Å². The molecule has 0 amide bonds. The van der Waals surface area contributed by atoms with Gasteiger partial charge in [0.05, 0.1) is 4.90 Å². The molecule has 0 aliphatic heterocycles. The number of rotatable bonds is 3. The third-order valence-electron chi connectivity index (χ3n) is 2.88. The highest BCUT2D eigenvalue weighted by molar-refractivity contribution is 9.10. The van der Waals surface area contributed by atoms with Gasteiger partial charge < -0.3 is 0 Å². The molecular formula is C16H12BrNO2S. The van der Waals surface area contributed by atoms with Crippen LogP contribution in [0.2, 0.25) is 0 Å². The van der Waals surface area contributed by atoms with Gasteiger partial charge in [-0.3, -0.25) is 0 Å². The van der Waals surface area contributed by atoms with Gasteiger partial charge in [0, 0.05) is 4.47 Å². The first-order valence-electron chi connectivity index (χ1n) is 6.12. The number of sulfone groups is 1.